The SMILES string of the molecule is C=C[C@@]1(C)C(OC)O[C@H](COC(=O)c2ccccc2)[C@H]1OC(=O)c1ccccc1. The molecule has 0 saturated carbocycles. The molecule has 1 aliphatic rings. The zero-order valence-electron chi connectivity index (χ0n) is 16.4. The van der Waals surface area contributed by atoms with Crippen molar-refractivity contribution < 1.29 is 28.5 Å². The number of hydrogen-bond acceptors (Lipinski definition) is 6. The molecular weight excluding hydrogens is 372 g/mol. The Morgan fingerprint density at radius 3 is 2.10 bits per heavy atom. The molecule has 6 heteroatoms. The zero-order chi connectivity index (χ0) is 20.9. The molecule has 0 bridgehead atoms. The fourth-order valence-corrected chi connectivity index (χ4v) is 3.34. The predicted molar refractivity (Wildman–Crippen MR) is 106 cm³/mol. The van der Waals surface area contributed by atoms with E-state index < -0.39 is 35.9 Å². The molecule has 152 valence electrons. The second-order valence-corrected chi connectivity index (χ2v) is 6.97. The fourth-order valence-electron chi connectivity index (χ4n) is 3.34. The van der Waals surface area contributed by atoms with Crippen molar-refractivity contribution in [3.8, 4) is 0 Å². The summed E-state index contributed by atoms with van der Waals surface area (Å²) in [5, 5.41) is 0. The number of methoxy groups -OCH3 is 1. The standard InChI is InChI=1S/C23H24O6/c1-4-23(2)19(29-21(25)17-13-9-6-10-14-17)18(28-22(23)26-3)15-27-20(24)16-11-7-5-8-12-16/h4-14,18-19,22H,1,15H2,2-3H3/t18-,19-,22?,23-/m1/s1. The highest BCUT2D eigenvalue weighted by Crippen LogP contribution is 2.42. The average Bonchev–Trinajstić information content (AvgIpc) is 3.04. The van der Waals surface area contributed by atoms with Gasteiger partial charge in [-0.15, -0.1) is 6.58 Å². The van der Waals surface area contributed by atoms with Crippen LogP contribution in [-0.4, -0.2) is 44.2 Å². The van der Waals surface area contributed by atoms with Crippen LogP contribution in [0.15, 0.2) is 73.3 Å². The van der Waals surface area contributed by atoms with Gasteiger partial charge in [0, 0.05) is 7.11 Å². The Kier molecular flexibility index (Phi) is 6.46. The summed E-state index contributed by atoms with van der Waals surface area (Å²) < 4.78 is 22.5. The molecule has 1 fully saturated rings. The normalized spacial score (nSPS) is 25.9. The molecule has 0 aliphatic carbocycles. The van der Waals surface area contributed by atoms with Gasteiger partial charge in [0.2, 0.25) is 0 Å². The highest BCUT2D eigenvalue weighted by Gasteiger charge is 2.55. The first-order valence-corrected chi connectivity index (χ1v) is 9.29. The topological polar surface area (TPSA) is 71.1 Å². The predicted octanol–water partition coefficient (Wildman–Crippen LogP) is 3.63. The van der Waals surface area contributed by atoms with Gasteiger partial charge < -0.3 is 18.9 Å². The van der Waals surface area contributed by atoms with Crippen LogP contribution in [0.3, 0.4) is 0 Å². The number of esters is 2. The molecule has 1 saturated heterocycles. The quantitative estimate of drug-likeness (QED) is 0.526. The molecule has 4 atom stereocenters. The Morgan fingerprint density at radius 1 is 1.03 bits per heavy atom. The first-order chi connectivity index (χ1) is 14.0. The van der Waals surface area contributed by atoms with Gasteiger partial charge in [-0.05, 0) is 31.2 Å². The Balaban J connectivity index is 1.77. The van der Waals surface area contributed by atoms with Crippen LogP contribution in [0.5, 0.6) is 0 Å². The van der Waals surface area contributed by atoms with Gasteiger partial charge in [-0.2, -0.15) is 0 Å². The molecule has 1 heterocycles. The van der Waals surface area contributed by atoms with Crippen molar-refractivity contribution in [2.45, 2.75) is 25.4 Å². The van der Waals surface area contributed by atoms with Gasteiger partial charge in [0.05, 0.1) is 16.5 Å². The summed E-state index contributed by atoms with van der Waals surface area (Å²) in [5.74, 6) is -0.980. The summed E-state index contributed by atoms with van der Waals surface area (Å²) in [6, 6.07) is 17.3. The highest BCUT2D eigenvalue weighted by molar-refractivity contribution is 5.90. The van der Waals surface area contributed by atoms with Crippen molar-refractivity contribution in [1.29, 1.82) is 0 Å². The molecule has 0 radical (unpaired) electrons. The molecule has 3 rings (SSSR count). The number of carbonyl (C=O) groups is 2. The third-order valence-electron chi connectivity index (χ3n) is 5.04. The maximum Gasteiger partial charge on any atom is 0.338 e. The van der Waals surface area contributed by atoms with Gasteiger partial charge in [0.15, 0.2) is 6.29 Å². The van der Waals surface area contributed by atoms with Crippen LogP contribution in [0.25, 0.3) is 0 Å². The van der Waals surface area contributed by atoms with Crippen molar-refractivity contribution in [2.24, 2.45) is 5.41 Å². The number of hydrogen-bond donors (Lipinski definition) is 0. The zero-order valence-corrected chi connectivity index (χ0v) is 16.4. The van der Waals surface area contributed by atoms with Crippen molar-refractivity contribution in [2.75, 3.05) is 13.7 Å². The van der Waals surface area contributed by atoms with E-state index in [1.165, 1.54) is 7.11 Å². The second-order valence-electron chi connectivity index (χ2n) is 6.97. The number of ether oxygens (including phenoxy) is 4. The monoisotopic (exact) mass is 396 g/mol. The van der Waals surface area contributed by atoms with Crippen molar-refractivity contribution in [1.82, 2.24) is 0 Å². The highest BCUT2D eigenvalue weighted by atomic mass is 16.7. The molecule has 0 spiro atoms. The molecule has 0 N–H and O–H groups in total. The van der Waals surface area contributed by atoms with E-state index in [4.69, 9.17) is 18.9 Å². The third kappa shape index (κ3) is 4.39. The van der Waals surface area contributed by atoms with E-state index in [1.54, 1.807) is 54.6 Å². The molecular formula is C23H24O6. The second kappa shape index (κ2) is 9.03. The lowest BCUT2D eigenvalue weighted by molar-refractivity contribution is -0.149. The maximum absolute atomic E-state index is 12.6. The van der Waals surface area contributed by atoms with E-state index in [2.05, 4.69) is 6.58 Å². The lowest BCUT2D eigenvalue weighted by Crippen LogP contribution is -2.42. The fraction of sp³-hybridized carbons (Fsp3) is 0.304. The van der Waals surface area contributed by atoms with Gasteiger partial charge in [-0.3, -0.25) is 0 Å². The molecule has 1 unspecified atom stereocenters. The first kappa shape index (κ1) is 20.8. The van der Waals surface area contributed by atoms with Gasteiger partial charge in [0.1, 0.15) is 18.8 Å². The van der Waals surface area contributed by atoms with E-state index >= 15 is 0 Å². The van der Waals surface area contributed by atoms with Crippen molar-refractivity contribution >= 4 is 11.9 Å². The van der Waals surface area contributed by atoms with E-state index in [-0.39, 0.29) is 6.61 Å². The van der Waals surface area contributed by atoms with Crippen LogP contribution in [0.1, 0.15) is 27.6 Å². The van der Waals surface area contributed by atoms with Crippen LogP contribution in [0.4, 0.5) is 0 Å². The Bertz CT molecular complexity index is 850. The number of benzene rings is 2. The first-order valence-electron chi connectivity index (χ1n) is 9.29. The summed E-state index contributed by atoms with van der Waals surface area (Å²) in [6.07, 6.45) is -0.512. The molecule has 2 aromatic carbocycles. The van der Waals surface area contributed by atoms with Crippen molar-refractivity contribution in [3.05, 3.63) is 84.4 Å². The molecule has 2 aromatic rings. The molecule has 0 aromatic heterocycles. The van der Waals surface area contributed by atoms with E-state index in [0.717, 1.165) is 0 Å². The lowest BCUT2D eigenvalue weighted by Gasteiger charge is -2.30. The minimum Gasteiger partial charge on any atom is -0.459 e. The summed E-state index contributed by atoms with van der Waals surface area (Å²) in [4.78, 5) is 24.9. The van der Waals surface area contributed by atoms with Gasteiger partial charge in [-0.25, -0.2) is 9.59 Å². The smallest absolute Gasteiger partial charge is 0.338 e. The minimum absolute atomic E-state index is 0.0935. The van der Waals surface area contributed by atoms with Crippen LogP contribution in [0.2, 0.25) is 0 Å². The van der Waals surface area contributed by atoms with Crippen LogP contribution in [-0.2, 0) is 18.9 Å². The minimum atomic E-state index is -0.816. The van der Waals surface area contributed by atoms with Crippen LogP contribution < -0.4 is 0 Å². The van der Waals surface area contributed by atoms with E-state index in [0.29, 0.717) is 11.1 Å². The van der Waals surface area contributed by atoms with Crippen LogP contribution >= 0.6 is 0 Å². The molecule has 29 heavy (non-hydrogen) atoms. The van der Waals surface area contributed by atoms with E-state index in [1.807, 2.05) is 19.1 Å². The Hall–Kier alpha value is -2.96. The largest absolute Gasteiger partial charge is 0.459 e. The molecule has 0 amide bonds. The van der Waals surface area contributed by atoms with Gasteiger partial charge >= 0.3 is 11.9 Å². The number of rotatable bonds is 7. The molecule has 1 aliphatic heterocycles. The average molecular weight is 396 g/mol. The van der Waals surface area contributed by atoms with Crippen molar-refractivity contribution in [3.63, 3.8) is 0 Å². The molecule has 6 nitrogen and oxygen atoms in total. The van der Waals surface area contributed by atoms with E-state index in [9.17, 15) is 9.59 Å². The maximum atomic E-state index is 12.6. The Morgan fingerprint density at radius 2 is 1.59 bits per heavy atom. The summed E-state index contributed by atoms with van der Waals surface area (Å²) in [6.45, 7) is 5.60. The lowest BCUT2D eigenvalue weighted by atomic mass is 9.83. The summed E-state index contributed by atoms with van der Waals surface area (Å²) in [5.41, 5.74) is 0.0288. The van der Waals surface area contributed by atoms with Gasteiger partial charge in [0.25, 0.3) is 0 Å². The van der Waals surface area contributed by atoms with Crippen LogP contribution in [0, 0.1) is 5.41 Å². The summed E-state index contributed by atoms with van der Waals surface area (Å²) >= 11 is 0. The number of carbonyl (C=O) groups excluding carboxylic acids is 2. The Labute approximate surface area is 170 Å². The summed E-state index contributed by atoms with van der Waals surface area (Å²) in [7, 11) is 1.50. The van der Waals surface area contributed by atoms with Gasteiger partial charge in [-0.1, -0.05) is 42.5 Å². The third-order valence-corrected chi connectivity index (χ3v) is 5.04.